The van der Waals surface area contributed by atoms with E-state index in [0.29, 0.717) is 6.67 Å². The van der Waals surface area contributed by atoms with Gasteiger partial charge in [0.15, 0.2) is 22.3 Å². The van der Waals surface area contributed by atoms with Gasteiger partial charge in [0.25, 0.3) is 0 Å². The Bertz CT molecular complexity index is 2570. The van der Waals surface area contributed by atoms with Crippen LogP contribution >= 0.6 is 0 Å². The third-order valence-electron chi connectivity index (χ3n) is 10.4. The van der Waals surface area contributed by atoms with Crippen LogP contribution < -0.4 is 19.6 Å². The Labute approximate surface area is 290 Å². The fourth-order valence-electron chi connectivity index (χ4n) is 7.89. The minimum absolute atomic E-state index is 0.0159. The van der Waals surface area contributed by atoms with Crippen molar-refractivity contribution < 1.29 is 8.83 Å². The number of para-hydroxylation sites is 4. The molecule has 0 radical (unpaired) electrons. The summed E-state index contributed by atoms with van der Waals surface area (Å²) in [6.45, 7) is 10.3. The first-order chi connectivity index (χ1) is 24.4. The van der Waals surface area contributed by atoms with Crippen LogP contribution in [0.1, 0.15) is 25.0 Å². The summed E-state index contributed by atoms with van der Waals surface area (Å²) in [4.78, 5) is 18.3. The normalized spacial score (nSPS) is 14.4. The molecule has 0 unspecified atom stereocenters. The minimum atomic E-state index is 0.0159. The molecule has 8 aromatic rings. The zero-order valence-electron chi connectivity index (χ0n) is 28.9. The van der Waals surface area contributed by atoms with E-state index in [2.05, 4.69) is 137 Å². The van der Waals surface area contributed by atoms with Crippen LogP contribution in [0.3, 0.4) is 0 Å². The maximum absolute atomic E-state index is 6.54. The van der Waals surface area contributed by atoms with Crippen LogP contribution in [-0.4, -0.2) is 36.4 Å². The van der Waals surface area contributed by atoms with Crippen molar-refractivity contribution in [3.8, 4) is 0 Å². The average Bonchev–Trinajstić information content (AvgIpc) is 3.79. The molecule has 50 heavy (non-hydrogen) atoms. The lowest BCUT2D eigenvalue weighted by Gasteiger charge is -2.37. The Morgan fingerprint density at radius 2 is 1.28 bits per heavy atom. The van der Waals surface area contributed by atoms with Crippen molar-refractivity contribution in [1.29, 1.82) is 0 Å². The molecule has 248 valence electrons. The van der Waals surface area contributed by atoms with E-state index in [1.54, 1.807) is 6.20 Å². The van der Waals surface area contributed by atoms with Crippen molar-refractivity contribution in [3.63, 3.8) is 0 Å². The third kappa shape index (κ3) is 4.44. The smallest absolute Gasteiger partial charge is 0.159 e. The molecule has 0 saturated carbocycles. The van der Waals surface area contributed by atoms with Gasteiger partial charge >= 0.3 is 0 Å². The zero-order valence-corrected chi connectivity index (χ0v) is 28.9. The van der Waals surface area contributed by atoms with Crippen LogP contribution in [0.4, 0.5) is 34.1 Å². The van der Waals surface area contributed by atoms with Gasteiger partial charge in [0.05, 0.1) is 53.2 Å². The maximum atomic E-state index is 6.54. The number of fused-ring (bicyclic) bond motifs is 7. The quantitative estimate of drug-likeness (QED) is 0.168. The summed E-state index contributed by atoms with van der Waals surface area (Å²) in [5, 5.41) is 4.35. The van der Waals surface area contributed by atoms with Gasteiger partial charge in [-0.05, 0) is 75.2 Å². The summed E-state index contributed by atoms with van der Waals surface area (Å²) in [5.74, 6) is 0. The van der Waals surface area contributed by atoms with Crippen LogP contribution in [0.2, 0.25) is 0 Å². The number of furan rings is 2. The van der Waals surface area contributed by atoms with Crippen molar-refractivity contribution in [2.45, 2.75) is 33.9 Å². The van der Waals surface area contributed by atoms with Gasteiger partial charge in [-0.15, -0.1) is 0 Å². The van der Waals surface area contributed by atoms with Crippen LogP contribution in [0.15, 0.2) is 119 Å². The lowest BCUT2D eigenvalue weighted by molar-refractivity contribution is 0.639. The highest BCUT2D eigenvalue weighted by atomic mass is 16.3. The van der Waals surface area contributed by atoms with Gasteiger partial charge in [0.2, 0.25) is 0 Å². The van der Waals surface area contributed by atoms with Crippen molar-refractivity contribution in [2.24, 2.45) is 0 Å². The van der Waals surface area contributed by atoms with Crippen molar-refractivity contribution in [1.82, 2.24) is 9.97 Å². The number of aromatic nitrogens is 2. The molecule has 1 atom stereocenters. The van der Waals surface area contributed by atoms with Crippen LogP contribution in [-0.2, 0) is 0 Å². The number of rotatable bonds is 7. The van der Waals surface area contributed by atoms with Crippen molar-refractivity contribution >= 4 is 78.0 Å². The molecule has 0 spiro atoms. The number of nitrogens with zero attached hydrogens (tertiary/aromatic N) is 6. The second-order valence-corrected chi connectivity index (χ2v) is 13.2. The molecule has 1 aliphatic heterocycles. The predicted octanol–water partition coefficient (Wildman–Crippen LogP) is 10.4. The highest BCUT2D eigenvalue weighted by Gasteiger charge is 2.37. The molecule has 0 aliphatic carbocycles. The Kier molecular flexibility index (Phi) is 6.95. The van der Waals surface area contributed by atoms with Gasteiger partial charge < -0.3 is 28.4 Å². The van der Waals surface area contributed by atoms with Gasteiger partial charge in [-0.2, -0.15) is 0 Å². The highest BCUT2D eigenvalue weighted by Crippen LogP contribution is 2.49. The summed E-state index contributed by atoms with van der Waals surface area (Å²) in [7, 11) is 2.14. The van der Waals surface area contributed by atoms with Crippen LogP contribution in [0, 0.1) is 13.8 Å². The van der Waals surface area contributed by atoms with Gasteiger partial charge in [0.1, 0.15) is 6.17 Å². The maximum Gasteiger partial charge on any atom is 0.159 e. The van der Waals surface area contributed by atoms with E-state index >= 15 is 0 Å². The van der Waals surface area contributed by atoms with Gasteiger partial charge in [-0.1, -0.05) is 48.5 Å². The topological polar surface area (TPSA) is 65.0 Å². The summed E-state index contributed by atoms with van der Waals surface area (Å²) in [6.07, 6.45) is 7.28. The first-order valence-corrected chi connectivity index (χ1v) is 17.2. The van der Waals surface area contributed by atoms with E-state index in [4.69, 9.17) is 8.83 Å². The van der Waals surface area contributed by atoms with E-state index in [-0.39, 0.29) is 6.17 Å². The molecule has 0 fully saturated rings. The molecule has 8 heteroatoms. The summed E-state index contributed by atoms with van der Waals surface area (Å²) in [5.41, 5.74) is 12.4. The third-order valence-corrected chi connectivity index (χ3v) is 10.4. The van der Waals surface area contributed by atoms with E-state index in [1.807, 2.05) is 30.7 Å². The molecule has 8 nitrogen and oxygen atoms in total. The summed E-state index contributed by atoms with van der Waals surface area (Å²) in [6, 6.07) is 30.2. The van der Waals surface area contributed by atoms with E-state index in [9.17, 15) is 0 Å². The monoisotopic (exact) mass is 658 g/mol. The summed E-state index contributed by atoms with van der Waals surface area (Å²) >= 11 is 0. The van der Waals surface area contributed by atoms with Crippen LogP contribution in [0.5, 0.6) is 0 Å². The molecule has 0 amide bonds. The first kappa shape index (κ1) is 30.1. The number of hydrogen-bond acceptors (Lipinski definition) is 8. The van der Waals surface area contributed by atoms with E-state index in [1.165, 1.54) is 11.3 Å². The van der Waals surface area contributed by atoms with E-state index in [0.717, 1.165) is 84.4 Å². The first-order valence-electron chi connectivity index (χ1n) is 17.2. The SMILES string of the molecule is CCN(CN1c2ccccc2N(c2c(C)ccc3c2oc2cnccc23)[C@@H]1C)c1ccccc1N(C)c1c(C)ccc2c1oc1cnccc12. The fourth-order valence-corrected chi connectivity index (χ4v) is 7.89. The average molecular weight is 659 g/mol. The standard InChI is InChI=1S/C42H38N6O2/c1-6-46(34-12-8-7-11-33(34)45(5)39-26(2)15-17-31-29-19-21-43-23-37(29)49-41(31)39)25-47-28(4)48(36-14-10-9-13-35(36)47)40-27(3)16-18-32-30-20-22-44-24-38(30)50-42(32)40/h7-24,28H,6,25H2,1-5H3/t28-/m1/s1. The fraction of sp³-hybridized carbons (Fsp3) is 0.190. The molecular weight excluding hydrogens is 621 g/mol. The molecular formula is C42H38N6O2. The second kappa shape index (κ2) is 11.6. The van der Waals surface area contributed by atoms with Gasteiger partial charge in [0, 0.05) is 47.5 Å². The van der Waals surface area contributed by atoms with Crippen molar-refractivity contribution in [3.05, 3.63) is 121 Å². The van der Waals surface area contributed by atoms with Crippen molar-refractivity contribution in [2.75, 3.05) is 39.9 Å². The Morgan fingerprint density at radius 3 is 1.98 bits per heavy atom. The predicted molar refractivity (Wildman–Crippen MR) is 205 cm³/mol. The number of aryl methyl sites for hydroxylation is 2. The Morgan fingerprint density at radius 1 is 0.680 bits per heavy atom. The van der Waals surface area contributed by atoms with Gasteiger partial charge in [-0.25, -0.2) is 0 Å². The zero-order chi connectivity index (χ0) is 34.1. The van der Waals surface area contributed by atoms with Crippen LogP contribution in [0.25, 0.3) is 43.9 Å². The second-order valence-electron chi connectivity index (χ2n) is 13.2. The number of benzene rings is 4. The number of pyridine rings is 2. The Hall–Kier alpha value is -6.02. The molecule has 5 heterocycles. The molecule has 0 bridgehead atoms. The molecule has 1 aliphatic rings. The molecule has 4 aromatic heterocycles. The Balaban J connectivity index is 1.12. The van der Waals surface area contributed by atoms with Gasteiger partial charge in [-0.3, -0.25) is 9.97 Å². The summed E-state index contributed by atoms with van der Waals surface area (Å²) < 4.78 is 13.0. The number of anilines is 6. The molecule has 0 N–H and O–H groups in total. The highest BCUT2D eigenvalue weighted by molar-refractivity contribution is 6.11. The molecule has 0 saturated heterocycles. The molecule has 4 aromatic carbocycles. The largest absolute Gasteiger partial charge is 0.452 e. The molecule has 9 rings (SSSR count). The number of hydrogen-bond donors (Lipinski definition) is 0. The lowest BCUT2D eigenvalue weighted by atomic mass is 10.1. The minimum Gasteiger partial charge on any atom is -0.452 e. The lowest BCUT2D eigenvalue weighted by Crippen LogP contribution is -2.45. The van der Waals surface area contributed by atoms with E-state index < -0.39 is 0 Å².